The van der Waals surface area contributed by atoms with Crippen molar-refractivity contribution in [3.8, 4) is 0 Å². The van der Waals surface area contributed by atoms with Crippen molar-refractivity contribution in [3.63, 3.8) is 0 Å². The van der Waals surface area contributed by atoms with Crippen LogP contribution in [0.25, 0.3) is 0 Å². The number of carbonyl (C=O) groups excluding carboxylic acids is 1. The van der Waals surface area contributed by atoms with Gasteiger partial charge in [-0.3, -0.25) is 10.1 Å². The van der Waals surface area contributed by atoms with Crippen LogP contribution in [0, 0.1) is 0 Å². The SMILES string of the molecule is COC(=O)C1(NC2CC2)CCC(n2ccnc2C(C)C)C1. The van der Waals surface area contributed by atoms with Gasteiger partial charge in [-0.1, -0.05) is 13.8 Å². The highest BCUT2D eigenvalue weighted by Gasteiger charge is 2.49. The molecule has 5 heteroatoms. The molecule has 2 aliphatic rings. The number of imidazole rings is 1. The van der Waals surface area contributed by atoms with Gasteiger partial charge in [0.1, 0.15) is 11.4 Å². The van der Waals surface area contributed by atoms with E-state index in [1.165, 1.54) is 20.0 Å². The number of hydrogen-bond donors (Lipinski definition) is 1. The topological polar surface area (TPSA) is 56.1 Å². The Kier molecular flexibility index (Phi) is 3.78. The second-order valence-corrected chi connectivity index (χ2v) is 6.74. The molecule has 0 spiro atoms. The molecule has 2 saturated carbocycles. The van der Waals surface area contributed by atoms with Gasteiger partial charge in [-0.25, -0.2) is 4.98 Å². The third-order valence-electron chi connectivity index (χ3n) is 4.73. The molecule has 1 N–H and O–H groups in total. The van der Waals surface area contributed by atoms with Crippen molar-refractivity contribution in [2.45, 2.75) is 69.5 Å². The van der Waals surface area contributed by atoms with Gasteiger partial charge in [-0.15, -0.1) is 0 Å². The minimum absolute atomic E-state index is 0.108. The highest BCUT2D eigenvalue weighted by Crippen LogP contribution is 2.41. The number of hydrogen-bond acceptors (Lipinski definition) is 4. The molecule has 0 saturated heterocycles. The molecule has 3 rings (SSSR count). The first-order valence-corrected chi connectivity index (χ1v) is 7.94. The summed E-state index contributed by atoms with van der Waals surface area (Å²) in [5.74, 6) is 1.39. The zero-order valence-corrected chi connectivity index (χ0v) is 13.1. The van der Waals surface area contributed by atoms with Gasteiger partial charge in [-0.2, -0.15) is 0 Å². The largest absolute Gasteiger partial charge is 0.468 e. The molecule has 2 atom stereocenters. The van der Waals surface area contributed by atoms with E-state index in [1.54, 1.807) is 0 Å². The van der Waals surface area contributed by atoms with Gasteiger partial charge in [-0.05, 0) is 32.1 Å². The zero-order chi connectivity index (χ0) is 15.0. The van der Waals surface area contributed by atoms with Gasteiger partial charge < -0.3 is 9.30 Å². The van der Waals surface area contributed by atoms with Crippen LogP contribution in [0.4, 0.5) is 0 Å². The molecule has 1 heterocycles. The number of aromatic nitrogens is 2. The first kappa shape index (κ1) is 14.6. The Labute approximate surface area is 126 Å². The molecule has 21 heavy (non-hydrogen) atoms. The van der Waals surface area contributed by atoms with Gasteiger partial charge >= 0.3 is 5.97 Å². The van der Waals surface area contributed by atoms with Crippen LogP contribution in [-0.4, -0.2) is 34.2 Å². The van der Waals surface area contributed by atoms with Crippen molar-refractivity contribution in [1.82, 2.24) is 14.9 Å². The van der Waals surface area contributed by atoms with Gasteiger partial charge in [0.05, 0.1) is 7.11 Å². The average molecular weight is 291 g/mol. The molecule has 116 valence electrons. The lowest BCUT2D eigenvalue weighted by Gasteiger charge is -2.28. The fourth-order valence-electron chi connectivity index (χ4n) is 3.53. The number of ether oxygens (including phenoxy) is 1. The van der Waals surface area contributed by atoms with Gasteiger partial charge in [0.2, 0.25) is 0 Å². The zero-order valence-electron chi connectivity index (χ0n) is 13.1. The standard InChI is InChI=1S/C16H25N3O2/c1-11(2)14-17-8-9-19(14)13-6-7-16(10-13,15(20)21-3)18-12-4-5-12/h8-9,11-13,18H,4-7,10H2,1-3H3. The van der Waals surface area contributed by atoms with Crippen LogP contribution in [0.2, 0.25) is 0 Å². The minimum Gasteiger partial charge on any atom is -0.468 e. The molecule has 0 radical (unpaired) electrons. The summed E-state index contributed by atoms with van der Waals surface area (Å²) in [6.07, 6.45) is 8.89. The van der Waals surface area contributed by atoms with Gasteiger partial charge in [0, 0.05) is 30.4 Å². The second-order valence-electron chi connectivity index (χ2n) is 6.74. The summed E-state index contributed by atoms with van der Waals surface area (Å²) in [6, 6.07) is 0.824. The van der Waals surface area contributed by atoms with E-state index in [0.29, 0.717) is 18.0 Å². The summed E-state index contributed by atoms with van der Waals surface area (Å²) >= 11 is 0. The monoisotopic (exact) mass is 291 g/mol. The first-order chi connectivity index (χ1) is 10.1. The molecule has 1 aromatic heterocycles. The van der Waals surface area contributed by atoms with Crippen LogP contribution >= 0.6 is 0 Å². The fraction of sp³-hybridized carbons (Fsp3) is 0.750. The van der Waals surface area contributed by atoms with Crippen molar-refractivity contribution >= 4 is 5.97 Å². The van der Waals surface area contributed by atoms with E-state index in [4.69, 9.17) is 4.74 Å². The Morgan fingerprint density at radius 3 is 2.86 bits per heavy atom. The lowest BCUT2D eigenvalue weighted by Crippen LogP contribution is -2.51. The normalized spacial score (nSPS) is 29.0. The lowest BCUT2D eigenvalue weighted by atomic mass is 9.97. The number of nitrogens with zero attached hydrogens (tertiary/aromatic N) is 2. The Bertz CT molecular complexity index is 521. The molecule has 0 amide bonds. The highest BCUT2D eigenvalue weighted by molar-refractivity contribution is 5.81. The minimum atomic E-state index is -0.501. The average Bonchev–Trinajstić information content (AvgIpc) is 2.98. The van der Waals surface area contributed by atoms with Gasteiger partial charge in [0.25, 0.3) is 0 Å². The Morgan fingerprint density at radius 2 is 2.24 bits per heavy atom. The number of rotatable bonds is 5. The van der Waals surface area contributed by atoms with Crippen molar-refractivity contribution in [2.24, 2.45) is 0 Å². The smallest absolute Gasteiger partial charge is 0.326 e. The molecular formula is C16H25N3O2. The van der Waals surface area contributed by atoms with E-state index in [9.17, 15) is 4.79 Å². The third-order valence-corrected chi connectivity index (χ3v) is 4.73. The molecule has 5 nitrogen and oxygen atoms in total. The van der Waals surface area contributed by atoms with Crippen LogP contribution in [0.3, 0.4) is 0 Å². The summed E-state index contributed by atoms with van der Waals surface area (Å²) in [4.78, 5) is 16.8. The van der Waals surface area contributed by atoms with E-state index in [-0.39, 0.29) is 5.97 Å². The molecule has 1 aromatic rings. The maximum absolute atomic E-state index is 12.3. The quantitative estimate of drug-likeness (QED) is 0.846. The van der Waals surface area contributed by atoms with Crippen molar-refractivity contribution in [2.75, 3.05) is 7.11 Å². The summed E-state index contributed by atoms with van der Waals surface area (Å²) in [7, 11) is 1.49. The van der Waals surface area contributed by atoms with E-state index >= 15 is 0 Å². The van der Waals surface area contributed by atoms with Gasteiger partial charge in [0.15, 0.2) is 0 Å². The fourth-order valence-corrected chi connectivity index (χ4v) is 3.53. The number of carbonyl (C=O) groups is 1. The summed E-state index contributed by atoms with van der Waals surface area (Å²) in [5.41, 5.74) is -0.501. The molecule has 2 fully saturated rings. The maximum atomic E-state index is 12.3. The van der Waals surface area contributed by atoms with E-state index in [2.05, 4.69) is 28.7 Å². The van der Waals surface area contributed by atoms with Crippen molar-refractivity contribution in [1.29, 1.82) is 0 Å². The predicted octanol–water partition coefficient (Wildman–Crippen LogP) is 2.40. The van der Waals surface area contributed by atoms with E-state index < -0.39 is 5.54 Å². The molecule has 0 aliphatic heterocycles. The number of nitrogens with one attached hydrogen (secondary N) is 1. The number of esters is 1. The Balaban J connectivity index is 1.81. The molecular weight excluding hydrogens is 266 g/mol. The van der Waals surface area contributed by atoms with E-state index in [1.807, 2.05) is 12.4 Å². The highest BCUT2D eigenvalue weighted by atomic mass is 16.5. The summed E-state index contributed by atoms with van der Waals surface area (Å²) < 4.78 is 7.34. The van der Waals surface area contributed by atoms with E-state index in [0.717, 1.165) is 25.1 Å². The first-order valence-electron chi connectivity index (χ1n) is 7.94. The molecule has 0 bridgehead atoms. The summed E-state index contributed by atoms with van der Waals surface area (Å²) in [5, 5.41) is 3.55. The Hall–Kier alpha value is -1.36. The predicted molar refractivity (Wildman–Crippen MR) is 80.1 cm³/mol. The van der Waals surface area contributed by atoms with Crippen LogP contribution < -0.4 is 5.32 Å². The third kappa shape index (κ3) is 2.71. The lowest BCUT2D eigenvalue weighted by molar-refractivity contribution is -0.148. The second kappa shape index (κ2) is 5.44. The summed E-state index contributed by atoms with van der Waals surface area (Å²) in [6.45, 7) is 4.31. The molecule has 2 aliphatic carbocycles. The number of methoxy groups -OCH3 is 1. The van der Waals surface area contributed by atoms with Crippen molar-refractivity contribution < 1.29 is 9.53 Å². The molecule has 2 unspecified atom stereocenters. The van der Waals surface area contributed by atoms with Crippen LogP contribution in [-0.2, 0) is 9.53 Å². The maximum Gasteiger partial charge on any atom is 0.326 e. The molecule has 0 aromatic carbocycles. The Morgan fingerprint density at radius 1 is 1.48 bits per heavy atom. The van der Waals surface area contributed by atoms with Crippen LogP contribution in [0.15, 0.2) is 12.4 Å². The van der Waals surface area contributed by atoms with Crippen molar-refractivity contribution in [3.05, 3.63) is 18.2 Å². The van der Waals surface area contributed by atoms with Crippen LogP contribution in [0.1, 0.15) is 63.7 Å². The van der Waals surface area contributed by atoms with Crippen LogP contribution in [0.5, 0.6) is 0 Å².